The fourth-order valence-corrected chi connectivity index (χ4v) is 0.633. The molecule has 12 heavy (non-hydrogen) atoms. The van der Waals surface area contributed by atoms with E-state index in [0.717, 1.165) is 18.4 Å². The van der Waals surface area contributed by atoms with Gasteiger partial charge >= 0.3 is 0 Å². The van der Waals surface area contributed by atoms with Crippen LogP contribution in [0.2, 0.25) is 0 Å². The van der Waals surface area contributed by atoms with E-state index in [0.29, 0.717) is 13.2 Å². The molecule has 0 aliphatic rings. The molecule has 2 heteroatoms. The van der Waals surface area contributed by atoms with Gasteiger partial charge in [0.15, 0.2) is 0 Å². The third-order valence-electron chi connectivity index (χ3n) is 2.05. The highest BCUT2D eigenvalue weighted by Crippen LogP contribution is 2.06. The molecule has 0 radical (unpaired) electrons. The maximum atomic E-state index is 5.89. The zero-order valence-electron chi connectivity index (χ0n) is 8.52. The van der Waals surface area contributed by atoms with Crippen molar-refractivity contribution >= 4 is 0 Å². The van der Waals surface area contributed by atoms with Gasteiger partial charge in [0.2, 0.25) is 0 Å². The van der Waals surface area contributed by atoms with Crippen molar-refractivity contribution < 1.29 is 4.74 Å². The Morgan fingerprint density at radius 3 is 2.50 bits per heavy atom. The van der Waals surface area contributed by atoms with Crippen LogP contribution in [-0.2, 0) is 4.74 Å². The average Bonchev–Trinajstić information content (AvgIpc) is 2.04. The van der Waals surface area contributed by atoms with Crippen molar-refractivity contribution in [1.29, 1.82) is 0 Å². The summed E-state index contributed by atoms with van der Waals surface area (Å²) in [5.74, 6) is 0. The third kappa shape index (κ3) is 5.33. The molecule has 0 aromatic carbocycles. The Morgan fingerprint density at radius 1 is 1.50 bits per heavy atom. The summed E-state index contributed by atoms with van der Waals surface area (Å²) in [6.45, 7) is 11.3. The zero-order valence-corrected chi connectivity index (χ0v) is 8.52. The first-order chi connectivity index (χ1) is 5.52. The lowest BCUT2D eigenvalue weighted by molar-refractivity contribution is 0.105. The van der Waals surface area contributed by atoms with Crippen LogP contribution >= 0.6 is 0 Å². The number of nitrogens with two attached hydrogens (primary N) is 1. The molecule has 2 N–H and O–H groups in total. The van der Waals surface area contributed by atoms with E-state index in [9.17, 15) is 0 Å². The highest BCUT2D eigenvalue weighted by atomic mass is 16.5. The predicted molar refractivity (Wildman–Crippen MR) is 53.1 cm³/mol. The smallest absolute Gasteiger partial charge is 0.0675 e. The standard InChI is InChI=1S/C10H21NO/c1-5-9(3)7-12-8-10(4,11)6-2/h3,5-8,11H2,1-2,4H3. The van der Waals surface area contributed by atoms with Gasteiger partial charge in [0, 0.05) is 5.54 Å². The molecular formula is C10H21NO. The average molecular weight is 171 g/mol. The largest absolute Gasteiger partial charge is 0.375 e. The van der Waals surface area contributed by atoms with Crippen molar-refractivity contribution in [3.8, 4) is 0 Å². The Labute approximate surface area is 75.8 Å². The van der Waals surface area contributed by atoms with Crippen molar-refractivity contribution in [2.75, 3.05) is 13.2 Å². The van der Waals surface area contributed by atoms with Crippen molar-refractivity contribution in [3.63, 3.8) is 0 Å². The summed E-state index contributed by atoms with van der Waals surface area (Å²) in [5, 5.41) is 0. The molecule has 0 rings (SSSR count). The quantitative estimate of drug-likeness (QED) is 0.621. The molecule has 1 unspecified atom stereocenters. The first-order valence-electron chi connectivity index (χ1n) is 4.55. The molecule has 0 bridgehead atoms. The van der Waals surface area contributed by atoms with Gasteiger partial charge in [-0.05, 0) is 19.8 Å². The molecule has 0 spiro atoms. The molecule has 0 aromatic heterocycles. The van der Waals surface area contributed by atoms with Crippen LogP contribution in [0.5, 0.6) is 0 Å². The minimum Gasteiger partial charge on any atom is -0.375 e. The van der Waals surface area contributed by atoms with E-state index in [1.165, 1.54) is 0 Å². The number of ether oxygens (including phenoxy) is 1. The van der Waals surface area contributed by atoms with Crippen molar-refractivity contribution in [2.24, 2.45) is 5.73 Å². The first kappa shape index (κ1) is 11.7. The molecule has 0 saturated carbocycles. The number of hydrogen-bond donors (Lipinski definition) is 1. The Balaban J connectivity index is 3.49. The van der Waals surface area contributed by atoms with E-state index in [1.54, 1.807) is 0 Å². The molecule has 0 fully saturated rings. The van der Waals surface area contributed by atoms with Crippen LogP contribution < -0.4 is 5.73 Å². The molecule has 0 heterocycles. The van der Waals surface area contributed by atoms with Gasteiger partial charge in [-0.1, -0.05) is 26.0 Å². The van der Waals surface area contributed by atoms with Gasteiger partial charge in [-0.2, -0.15) is 0 Å². The molecular weight excluding hydrogens is 150 g/mol. The van der Waals surface area contributed by atoms with Crippen LogP contribution in [0.4, 0.5) is 0 Å². The second-order valence-corrected chi connectivity index (χ2v) is 3.60. The van der Waals surface area contributed by atoms with Crippen LogP contribution in [0.1, 0.15) is 33.6 Å². The van der Waals surface area contributed by atoms with Gasteiger partial charge in [0.25, 0.3) is 0 Å². The molecule has 1 atom stereocenters. The van der Waals surface area contributed by atoms with Crippen LogP contribution in [0.3, 0.4) is 0 Å². The monoisotopic (exact) mass is 171 g/mol. The fourth-order valence-electron chi connectivity index (χ4n) is 0.633. The predicted octanol–water partition coefficient (Wildman–Crippen LogP) is 2.10. The van der Waals surface area contributed by atoms with Gasteiger partial charge in [0.1, 0.15) is 0 Å². The Kier molecular flexibility index (Phi) is 5.18. The maximum absolute atomic E-state index is 5.89. The van der Waals surface area contributed by atoms with Crippen LogP contribution in [-0.4, -0.2) is 18.8 Å². The molecule has 0 aliphatic carbocycles. The molecule has 72 valence electrons. The van der Waals surface area contributed by atoms with Crippen LogP contribution in [0.25, 0.3) is 0 Å². The van der Waals surface area contributed by atoms with Crippen molar-refractivity contribution in [3.05, 3.63) is 12.2 Å². The van der Waals surface area contributed by atoms with Gasteiger partial charge < -0.3 is 10.5 Å². The lowest BCUT2D eigenvalue weighted by Crippen LogP contribution is -2.40. The Hall–Kier alpha value is -0.340. The van der Waals surface area contributed by atoms with Gasteiger partial charge in [0.05, 0.1) is 13.2 Å². The summed E-state index contributed by atoms with van der Waals surface area (Å²) in [4.78, 5) is 0. The molecule has 0 aliphatic heterocycles. The highest BCUT2D eigenvalue weighted by Gasteiger charge is 2.15. The molecule has 0 amide bonds. The first-order valence-corrected chi connectivity index (χ1v) is 4.55. The van der Waals surface area contributed by atoms with Gasteiger partial charge in [-0.25, -0.2) is 0 Å². The minimum absolute atomic E-state index is 0.186. The van der Waals surface area contributed by atoms with E-state index >= 15 is 0 Å². The zero-order chi connectivity index (χ0) is 9.61. The third-order valence-corrected chi connectivity index (χ3v) is 2.05. The number of hydrogen-bond acceptors (Lipinski definition) is 2. The summed E-state index contributed by atoms with van der Waals surface area (Å²) in [6, 6.07) is 0. The summed E-state index contributed by atoms with van der Waals surface area (Å²) in [6.07, 6.45) is 1.92. The lowest BCUT2D eigenvalue weighted by atomic mass is 10.0. The minimum atomic E-state index is -0.186. The van der Waals surface area contributed by atoms with Crippen molar-refractivity contribution in [2.45, 2.75) is 39.2 Å². The van der Waals surface area contributed by atoms with Crippen LogP contribution in [0.15, 0.2) is 12.2 Å². The molecule has 0 aromatic rings. The van der Waals surface area contributed by atoms with E-state index in [2.05, 4.69) is 20.4 Å². The van der Waals surface area contributed by atoms with E-state index in [4.69, 9.17) is 10.5 Å². The molecule has 2 nitrogen and oxygen atoms in total. The fraction of sp³-hybridized carbons (Fsp3) is 0.800. The Morgan fingerprint density at radius 2 is 2.08 bits per heavy atom. The second kappa shape index (κ2) is 5.33. The maximum Gasteiger partial charge on any atom is 0.0675 e. The second-order valence-electron chi connectivity index (χ2n) is 3.60. The number of rotatable bonds is 6. The Bertz CT molecular complexity index is 141. The SMILES string of the molecule is C=C(CC)COCC(C)(N)CC. The molecule has 0 saturated heterocycles. The van der Waals surface area contributed by atoms with E-state index in [-0.39, 0.29) is 5.54 Å². The van der Waals surface area contributed by atoms with Gasteiger partial charge in [-0.3, -0.25) is 0 Å². The summed E-state index contributed by atoms with van der Waals surface area (Å²) < 4.78 is 5.42. The summed E-state index contributed by atoms with van der Waals surface area (Å²) in [5.41, 5.74) is 6.83. The highest BCUT2D eigenvalue weighted by molar-refractivity contribution is 4.92. The van der Waals surface area contributed by atoms with Gasteiger partial charge in [-0.15, -0.1) is 0 Å². The summed E-state index contributed by atoms with van der Waals surface area (Å²) >= 11 is 0. The van der Waals surface area contributed by atoms with E-state index < -0.39 is 0 Å². The topological polar surface area (TPSA) is 35.2 Å². The van der Waals surface area contributed by atoms with E-state index in [1.807, 2.05) is 6.92 Å². The normalized spacial score (nSPS) is 15.7. The lowest BCUT2D eigenvalue weighted by Gasteiger charge is -2.22. The van der Waals surface area contributed by atoms with Crippen LogP contribution in [0, 0.1) is 0 Å². The van der Waals surface area contributed by atoms with Crippen molar-refractivity contribution in [1.82, 2.24) is 0 Å². The summed E-state index contributed by atoms with van der Waals surface area (Å²) in [7, 11) is 0.